The first-order valence-electron chi connectivity index (χ1n) is 3.46. The SMILES string of the molecule is Br.CC(=O)OCc1ccccc1. The molecule has 0 saturated heterocycles. The standard InChI is InChI=1S/C9H10O2.BrH/c1-8(10)11-7-9-5-3-2-4-6-9;/h2-6H,7H2,1H3;1H. The molecule has 0 atom stereocenters. The normalized spacial score (nSPS) is 8.42. The Morgan fingerprint density at radius 3 is 2.42 bits per heavy atom. The highest BCUT2D eigenvalue weighted by Gasteiger charge is 1.93. The molecule has 0 heterocycles. The van der Waals surface area contributed by atoms with Gasteiger partial charge in [-0.05, 0) is 5.56 Å². The van der Waals surface area contributed by atoms with E-state index in [-0.39, 0.29) is 23.0 Å². The van der Waals surface area contributed by atoms with Gasteiger partial charge in [0.25, 0.3) is 0 Å². The molecule has 0 aliphatic rings. The number of hydrogen-bond acceptors (Lipinski definition) is 2. The number of benzene rings is 1. The van der Waals surface area contributed by atoms with Gasteiger partial charge in [0.2, 0.25) is 0 Å². The van der Waals surface area contributed by atoms with Crippen molar-refractivity contribution in [1.82, 2.24) is 0 Å². The third kappa shape index (κ3) is 4.13. The first kappa shape index (κ1) is 11.2. The molecule has 12 heavy (non-hydrogen) atoms. The minimum Gasteiger partial charge on any atom is -0.461 e. The molecule has 0 radical (unpaired) electrons. The van der Waals surface area contributed by atoms with E-state index in [0.29, 0.717) is 6.61 Å². The molecule has 66 valence electrons. The van der Waals surface area contributed by atoms with Crippen molar-refractivity contribution in [3.05, 3.63) is 35.9 Å². The Morgan fingerprint density at radius 1 is 1.33 bits per heavy atom. The molecule has 0 spiro atoms. The van der Waals surface area contributed by atoms with E-state index in [9.17, 15) is 4.79 Å². The van der Waals surface area contributed by atoms with Gasteiger partial charge in [0, 0.05) is 6.92 Å². The van der Waals surface area contributed by atoms with Crippen LogP contribution in [-0.2, 0) is 16.1 Å². The Kier molecular flexibility index (Phi) is 5.37. The van der Waals surface area contributed by atoms with E-state index < -0.39 is 0 Å². The fourth-order valence-electron chi connectivity index (χ4n) is 0.759. The van der Waals surface area contributed by atoms with Gasteiger partial charge in [-0.3, -0.25) is 4.79 Å². The molecule has 1 aromatic rings. The van der Waals surface area contributed by atoms with Crippen molar-refractivity contribution in [2.45, 2.75) is 13.5 Å². The molecule has 3 heteroatoms. The van der Waals surface area contributed by atoms with E-state index in [0.717, 1.165) is 5.56 Å². The molecule has 0 aliphatic heterocycles. The molecule has 0 fully saturated rings. The van der Waals surface area contributed by atoms with Gasteiger partial charge in [-0.1, -0.05) is 30.3 Å². The maximum absolute atomic E-state index is 10.4. The zero-order chi connectivity index (χ0) is 8.10. The van der Waals surface area contributed by atoms with Crippen LogP contribution < -0.4 is 0 Å². The fraction of sp³-hybridized carbons (Fsp3) is 0.222. The van der Waals surface area contributed by atoms with Crippen LogP contribution in [0.3, 0.4) is 0 Å². The monoisotopic (exact) mass is 230 g/mol. The fourth-order valence-corrected chi connectivity index (χ4v) is 0.759. The minimum absolute atomic E-state index is 0. The lowest BCUT2D eigenvalue weighted by atomic mass is 10.2. The summed E-state index contributed by atoms with van der Waals surface area (Å²) in [5.41, 5.74) is 1.02. The van der Waals surface area contributed by atoms with Gasteiger partial charge in [0.05, 0.1) is 0 Å². The van der Waals surface area contributed by atoms with Crippen LogP contribution >= 0.6 is 17.0 Å². The molecular formula is C9H11BrO2. The van der Waals surface area contributed by atoms with Gasteiger partial charge in [-0.25, -0.2) is 0 Å². The Hall–Kier alpha value is -0.830. The molecule has 0 aliphatic carbocycles. The summed E-state index contributed by atoms with van der Waals surface area (Å²) in [5, 5.41) is 0. The van der Waals surface area contributed by atoms with Gasteiger partial charge in [0.1, 0.15) is 6.61 Å². The summed E-state index contributed by atoms with van der Waals surface area (Å²) in [7, 11) is 0. The molecule has 0 amide bonds. The lowest BCUT2D eigenvalue weighted by molar-refractivity contribution is -0.142. The molecule has 0 bridgehead atoms. The number of rotatable bonds is 2. The number of ether oxygens (including phenoxy) is 1. The van der Waals surface area contributed by atoms with E-state index in [1.807, 2.05) is 30.3 Å². The molecule has 1 aromatic carbocycles. The number of esters is 1. The number of halogens is 1. The average Bonchev–Trinajstić information content (AvgIpc) is 2.03. The van der Waals surface area contributed by atoms with Gasteiger partial charge < -0.3 is 4.74 Å². The molecular weight excluding hydrogens is 220 g/mol. The second kappa shape index (κ2) is 5.77. The number of carbonyl (C=O) groups is 1. The predicted octanol–water partition coefficient (Wildman–Crippen LogP) is 2.33. The molecule has 1 rings (SSSR count). The highest BCUT2D eigenvalue weighted by Crippen LogP contribution is 1.99. The lowest BCUT2D eigenvalue weighted by Gasteiger charge is -1.99. The van der Waals surface area contributed by atoms with Crippen LogP contribution in [0, 0.1) is 0 Å². The van der Waals surface area contributed by atoms with Crippen LogP contribution in [-0.4, -0.2) is 5.97 Å². The average molecular weight is 231 g/mol. The number of hydrogen-bond donors (Lipinski definition) is 0. The first-order valence-corrected chi connectivity index (χ1v) is 3.46. The molecule has 0 saturated carbocycles. The molecule has 0 unspecified atom stereocenters. The third-order valence-corrected chi connectivity index (χ3v) is 1.28. The minimum atomic E-state index is -0.242. The Balaban J connectivity index is 0.00000121. The van der Waals surface area contributed by atoms with Gasteiger partial charge >= 0.3 is 5.97 Å². The van der Waals surface area contributed by atoms with Crippen molar-refractivity contribution in [2.75, 3.05) is 0 Å². The zero-order valence-electron chi connectivity index (χ0n) is 6.82. The smallest absolute Gasteiger partial charge is 0.302 e. The highest BCUT2D eigenvalue weighted by molar-refractivity contribution is 8.93. The second-order valence-corrected chi connectivity index (χ2v) is 2.27. The van der Waals surface area contributed by atoms with E-state index in [1.165, 1.54) is 6.92 Å². The van der Waals surface area contributed by atoms with Crippen LogP contribution in [0.1, 0.15) is 12.5 Å². The maximum atomic E-state index is 10.4. The van der Waals surface area contributed by atoms with Crippen molar-refractivity contribution in [1.29, 1.82) is 0 Å². The summed E-state index contributed by atoms with van der Waals surface area (Å²) in [4.78, 5) is 10.4. The van der Waals surface area contributed by atoms with Crippen LogP contribution in [0.5, 0.6) is 0 Å². The summed E-state index contributed by atoms with van der Waals surface area (Å²) in [5.74, 6) is -0.242. The largest absolute Gasteiger partial charge is 0.461 e. The molecule has 0 aromatic heterocycles. The molecule has 0 N–H and O–H groups in total. The van der Waals surface area contributed by atoms with Crippen molar-refractivity contribution in [3.63, 3.8) is 0 Å². The predicted molar refractivity (Wildman–Crippen MR) is 52.2 cm³/mol. The Morgan fingerprint density at radius 2 is 1.92 bits per heavy atom. The van der Waals surface area contributed by atoms with E-state index in [4.69, 9.17) is 4.74 Å². The third-order valence-electron chi connectivity index (χ3n) is 1.28. The Labute approximate surface area is 82.3 Å². The zero-order valence-corrected chi connectivity index (χ0v) is 8.53. The topological polar surface area (TPSA) is 26.3 Å². The van der Waals surface area contributed by atoms with Gasteiger partial charge in [0.15, 0.2) is 0 Å². The van der Waals surface area contributed by atoms with E-state index >= 15 is 0 Å². The quantitative estimate of drug-likeness (QED) is 0.730. The lowest BCUT2D eigenvalue weighted by Crippen LogP contribution is -1.97. The van der Waals surface area contributed by atoms with Crippen molar-refractivity contribution < 1.29 is 9.53 Å². The summed E-state index contributed by atoms with van der Waals surface area (Å²) in [6.45, 7) is 1.78. The first-order chi connectivity index (χ1) is 5.29. The van der Waals surface area contributed by atoms with Crippen LogP contribution in [0.4, 0.5) is 0 Å². The molecule has 2 nitrogen and oxygen atoms in total. The van der Waals surface area contributed by atoms with Gasteiger partial charge in [-0.15, -0.1) is 17.0 Å². The van der Waals surface area contributed by atoms with Gasteiger partial charge in [-0.2, -0.15) is 0 Å². The van der Waals surface area contributed by atoms with Crippen LogP contribution in [0.2, 0.25) is 0 Å². The Bertz CT molecular complexity index is 234. The summed E-state index contributed by atoms with van der Waals surface area (Å²) >= 11 is 0. The van der Waals surface area contributed by atoms with Crippen molar-refractivity contribution in [3.8, 4) is 0 Å². The van der Waals surface area contributed by atoms with E-state index in [1.54, 1.807) is 0 Å². The second-order valence-electron chi connectivity index (χ2n) is 2.27. The summed E-state index contributed by atoms with van der Waals surface area (Å²) < 4.78 is 4.79. The van der Waals surface area contributed by atoms with Crippen LogP contribution in [0.15, 0.2) is 30.3 Å². The van der Waals surface area contributed by atoms with Crippen molar-refractivity contribution in [2.24, 2.45) is 0 Å². The highest BCUT2D eigenvalue weighted by atomic mass is 79.9. The number of carbonyl (C=O) groups excluding carboxylic acids is 1. The summed E-state index contributed by atoms with van der Waals surface area (Å²) in [6.07, 6.45) is 0. The van der Waals surface area contributed by atoms with E-state index in [2.05, 4.69) is 0 Å². The maximum Gasteiger partial charge on any atom is 0.302 e. The van der Waals surface area contributed by atoms with Crippen molar-refractivity contribution >= 4 is 23.0 Å². The summed E-state index contributed by atoms with van der Waals surface area (Å²) in [6, 6.07) is 9.60. The van der Waals surface area contributed by atoms with Crippen LogP contribution in [0.25, 0.3) is 0 Å².